The van der Waals surface area contributed by atoms with E-state index in [1.165, 1.54) is 11.6 Å². The van der Waals surface area contributed by atoms with E-state index in [9.17, 15) is 20.4 Å². The first-order chi connectivity index (χ1) is 11.4. The SMILES string of the molecule is CC1(C)CC2(CC(C)(C)c3ccc(O)cc32)C2=CC(O)C(O)(O)C=C21. The van der Waals surface area contributed by atoms with Crippen molar-refractivity contribution in [3.63, 3.8) is 0 Å². The van der Waals surface area contributed by atoms with Crippen molar-refractivity contribution in [3.8, 4) is 5.75 Å². The molecule has 0 aromatic heterocycles. The van der Waals surface area contributed by atoms with Gasteiger partial charge < -0.3 is 20.4 Å². The van der Waals surface area contributed by atoms with Crippen LogP contribution in [0.4, 0.5) is 0 Å². The van der Waals surface area contributed by atoms with Crippen LogP contribution < -0.4 is 0 Å². The van der Waals surface area contributed by atoms with Crippen molar-refractivity contribution in [3.05, 3.63) is 52.6 Å². The Balaban J connectivity index is 2.00. The highest BCUT2D eigenvalue weighted by atomic mass is 16.5. The number of aromatic hydroxyl groups is 1. The third kappa shape index (κ3) is 2.11. The average molecular weight is 342 g/mol. The molecule has 1 saturated carbocycles. The van der Waals surface area contributed by atoms with Crippen LogP contribution in [0.5, 0.6) is 5.75 Å². The van der Waals surface area contributed by atoms with Gasteiger partial charge in [0.15, 0.2) is 0 Å². The number of aliphatic hydroxyl groups is 3. The number of hydrogen-bond donors (Lipinski definition) is 4. The second-order valence-corrected chi connectivity index (χ2v) is 9.30. The molecular weight excluding hydrogens is 316 g/mol. The summed E-state index contributed by atoms with van der Waals surface area (Å²) in [6, 6.07) is 5.57. The highest BCUT2D eigenvalue weighted by Gasteiger charge is 2.59. The van der Waals surface area contributed by atoms with E-state index >= 15 is 0 Å². The van der Waals surface area contributed by atoms with Crippen LogP contribution in [0.25, 0.3) is 0 Å². The number of allylic oxidation sites excluding steroid dienone is 2. The van der Waals surface area contributed by atoms with Crippen molar-refractivity contribution in [2.75, 3.05) is 0 Å². The van der Waals surface area contributed by atoms with Gasteiger partial charge in [-0.2, -0.15) is 0 Å². The number of fused-ring (bicyclic) bond motifs is 4. The second-order valence-electron chi connectivity index (χ2n) is 9.30. The van der Waals surface area contributed by atoms with E-state index in [0.717, 1.165) is 29.6 Å². The number of phenolic OH excluding ortho intramolecular Hbond substituents is 1. The van der Waals surface area contributed by atoms with E-state index in [4.69, 9.17) is 0 Å². The second kappa shape index (κ2) is 4.56. The maximum Gasteiger partial charge on any atom is 0.214 e. The summed E-state index contributed by atoms with van der Waals surface area (Å²) in [6.45, 7) is 8.61. The summed E-state index contributed by atoms with van der Waals surface area (Å²) < 4.78 is 0. The molecule has 0 bridgehead atoms. The van der Waals surface area contributed by atoms with Crippen LogP contribution in [-0.4, -0.2) is 32.3 Å². The summed E-state index contributed by atoms with van der Waals surface area (Å²) in [5.74, 6) is -2.00. The molecule has 2 atom stereocenters. The van der Waals surface area contributed by atoms with E-state index in [-0.39, 0.29) is 22.0 Å². The summed E-state index contributed by atoms with van der Waals surface area (Å²) in [6.07, 6.45) is 3.33. The molecular formula is C21H26O4. The minimum absolute atomic E-state index is 0.0622. The summed E-state index contributed by atoms with van der Waals surface area (Å²) in [4.78, 5) is 0. The summed E-state index contributed by atoms with van der Waals surface area (Å²) in [5, 5.41) is 40.6. The highest BCUT2D eigenvalue weighted by Crippen LogP contribution is 2.66. The van der Waals surface area contributed by atoms with Gasteiger partial charge in [-0.05, 0) is 70.2 Å². The molecule has 4 N–H and O–H groups in total. The zero-order chi connectivity index (χ0) is 18.4. The van der Waals surface area contributed by atoms with Crippen LogP contribution in [0.1, 0.15) is 51.7 Å². The first-order valence-electron chi connectivity index (χ1n) is 8.82. The lowest BCUT2D eigenvalue weighted by atomic mass is 9.72. The van der Waals surface area contributed by atoms with Crippen LogP contribution in [0, 0.1) is 5.41 Å². The minimum Gasteiger partial charge on any atom is -0.508 e. The lowest BCUT2D eigenvalue weighted by Crippen LogP contribution is -2.42. The topological polar surface area (TPSA) is 80.9 Å². The fraction of sp³-hybridized carbons (Fsp3) is 0.524. The molecule has 1 spiro atoms. The molecule has 2 unspecified atom stereocenters. The van der Waals surface area contributed by atoms with Gasteiger partial charge in [0.2, 0.25) is 5.79 Å². The van der Waals surface area contributed by atoms with Crippen molar-refractivity contribution >= 4 is 0 Å². The molecule has 0 radical (unpaired) electrons. The Morgan fingerprint density at radius 2 is 1.56 bits per heavy atom. The largest absolute Gasteiger partial charge is 0.508 e. The third-order valence-corrected chi connectivity index (χ3v) is 6.39. The first kappa shape index (κ1) is 16.8. The van der Waals surface area contributed by atoms with Crippen molar-refractivity contribution in [2.24, 2.45) is 5.41 Å². The van der Waals surface area contributed by atoms with Crippen LogP contribution >= 0.6 is 0 Å². The van der Waals surface area contributed by atoms with E-state index in [0.29, 0.717) is 0 Å². The standard InChI is InChI=1S/C21H26O4/c1-18(2)10-20(14-7-12(22)5-6-13(14)18)11-19(3,4)16-9-21(24,25)17(23)8-15(16)20/h5-9,17,22-25H,10-11H2,1-4H3. The van der Waals surface area contributed by atoms with Crippen LogP contribution in [0.2, 0.25) is 0 Å². The van der Waals surface area contributed by atoms with Gasteiger partial charge >= 0.3 is 0 Å². The number of aliphatic hydroxyl groups excluding tert-OH is 1. The Labute approximate surface area is 148 Å². The lowest BCUT2D eigenvalue weighted by Gasteiger charge is -2.34. The van der Waals surface area contributed by atoms with Gasteiger partial charge in [0.05, 0.1) is 0 Å². The Morgan fingerprint density at radius 1 is 0.920 bits per heavy atom. The van der Waals surface area contributed by atoms with Gasteiger partial charge in [-0.3, -0.25) is 0 Å². The molecule has 1 aromatic rings. The molecule has 1 fully saturated rings. The number of hydrogen-bond acceptors (Lipinski definition) is 4. The zero-order valence-corrected chi connectivity index (χ0v) is 15.2. The number of benzene rings is 1. The fourth-order valence-electron chi connectivity index (χ4n) is 5.53. The fourth-order valence-corrected chi connectivity index (χ4v) is 5.53. The smallest absolute Gasteiger partial charge is 0.214 e. The van der Waals surface area contributed by atoms with Gasteiger partial charge in [-0.1, -0.05) is 33.8 Å². The molecule has 4 rings (SSSR count). The Morgan fingerprint density at radius 3 is 2.24 bits per heavy atom. The van der Waals surface area contributed by atoms with Gasteiger partial charge in [-0.15, -0.1) is 0 Å². The maximum atomic E-state index is 10.3. The zero-order valence-electron chi connectivity index (χ0n) is 15.2. The summed E-state index contributed by atoms with van der Waals surface area (Å²) >= 11 is 0. The summed E-state index contributed by atoms with van der Waals surface area (Å²) in [7, 11) is 0. The molecule has 1 aromatic carbocycles. The molecule has 4 heteroatoms. The first-order valence-corrected chi connectivity index (χ1v) is 8.82. The van der Waals surface area contributed by atoms with E-state index in [2.05, 4.69) is 27.7 Å². The Hall–Kier alpha value is -1.62. The average Bonchev–Trinajstić information content (AvgIpc) is 2.80. The van der Waals surface area contributed by atoms with Gasteiger partial charge in [0.1, 0.15) is 11.9 Å². The predicted molar refractivity (Wildman–Crippen MR) is 95.2 cm³/mol. The highest BCUT2D eigenvalue weighted by molar-refractivity contribution is 5.63. The molecule has 0 amide bonds. The van der Waals surface area contributed by atoms with E-state index < -0.39 is 11.9 Å². The molecule has 0 aliphatic heterocycles. The van der Waals surface area contributed by atoms with Gasteiger partial charge in [0, 0.05) is 5.41 Å². The monoisotopic (exact) mass is 342 g/mol. The quantitative estimate of drug-likeness (QED) is 0.547. The van der Waals surface area contributed by atoms with Crippen molar-refractivity contribution < 1.29 is 20.4 Å². The molecule has 4 nitrogen and oxygen atoms in total. The van der Waals surface area contributed by atoms with Crippen LogP contribution in [0.3, 0.4) is 0 Å². The van der Waals surface area contributed by atoms with Crippen LogP contribution in [-0.2, 0) is 10.8 Å². The van der Waals surface area contributed by atoms with Crippen molar-refractivity contribution in [1.29, 1.82) is 0 Å². The maximum absolute atomic E-state index is 10.3. The van der Waals surface area contributed by atoms with E-state index in [1.807, 2.05) is 12.1 Å². The normalized spacial score (nSPS) is 33.6. The minimum atomic E-state index is -2.24. The van der Waals surface area contributed by atoms with Gasteiger partial charge in [0.25, 0.3) is 0 Å². The molecule has 0 heterocycles. The number of rotatable bonds is 0. The number of phenols is 1. The molecule has 25 heavy (non-hydrogen) atoms. The van der Waals surface area contributed by atoms with Gasteiger partial charge in [-0.25, -0.2) is 0 Å². The summed E-state index contributed by atoms with van der Waals surface area (Å²) in [5.41, 5.74) is 3.51. The predicted octanol–water partition coefficient (Wildman–Crippen LogP) is 2.65. The Bertz CT molecular complexity index is 828. The Kier molecular flexibility index (Phi) is 3.07. The van der Waals surface area contributed by atoms with Crippen molar-refractivity contribution in [1.82, 2.24) is 0 Å². The van der Waals surface area contributed by atoms with E-state index in [1.54, 1.807) is 12.1 Å². The lowest BCUT2D eigenvalue weighted by molar-refractivity contribution is -0.175. The molecule has 0 saturated heterocycles. The van der Waals surface area contributed by atoms with Crippen molar-refractivity contribution in [2.45, 2.75) is 63.3 Å². The molecule has 134 valence electrons. The molecule has 3 aliphatic rings. The van der Waals surface area contributed by atoms with Crippen LogP contribution in [0.15, 0.2) is 41.5 Å². The third-order valence-electron chi connectivity index (χ3n) is 6.39. The molecule has 3 aliphatic carbocycles.